The van der Waals surface area contributed by atoms with Crippen molar-refractivity contribution in [1.82, 2.24) is 5.32 Å². The second kappa shape index (κ2) is 7.26. The highest BCUT2D eigenvalue weighted by Crippen LogP contribution is 2.12. The van der Waals surface area contributed by atoms with E-state index < -0.39 is 11.8 Å². The van der Waals surface area contributed by atoms with Crippen LogP contribution in [-0.4, -0.2) is 18.4 Å². The van der Waals surface area contributed by atoms with Crippen molar-refractivity contribution in [2.45, 2.75) is 13.3 Å². The number of amides is 2. The van der Waals surface area contributed by atoms with Gasteiger partial charge in [-0.15, -0.1) is 0 Å². The minimum absolute atomic E-state index is 0.0897. The van der Waals surface area contributed by atoms with E-state index in [2.05, 4.69) is 5.32 Å². The van der Waals surface area contributed by atoms with Crippen LogP contribution in [0.3, 0.4) is 0 Å². The number of benzene rings is 2. The number of ether oxygens (including phenoxy) is 1. The zero-order valence-corrected chi connectivity index (χ0v) is 12.3. The summed E-state index contributed by atoms with van der Waals surface area (Å²) >= 11 is 0. The van der Waals surface area contributed by atoms with Gasteiger partial charge in [-0.1, -0.05) is 24.3 Å². The summed E-state index contributed by atoms with van der Waals surface area (Å²) in [5.74, 6) is -0.203. The Kier molecular flexibility index (Phi) is 5.14. The first-order chi connectivity index (χ1) is 10.6. The molecule has 5 nitrogen and oxygen atoms in total. The van der Waals surface area contributed by atoms with Gasteiger partial charge in [-0.05, 0) is 36.8 Å². The van der Waals surface area contributed by atoms with E-state index in [-0.39, 0.29) is 18.6 Å². The number of anilines is 1. The molecule has 2 amide bonds. The third kappa shape index (κ3) is 4.34. The number of carbonyl (C=O) groups excluding carboxylic acids is 2. The number of carbonyl (C=O) groups is 2. The molecule has 0 aliphatic carbocycles. The molecule has 0 aliphatic heterocycles. The summed E-state index contributed by atoms with van der Waals surface area (Å²) in [4.78, 5) is 23.6. The largest absolute Gasteiger partial charge is 0.493 e. The predicted octanol–water partition coefficient (Wildman–Crippen LogP) is 2.30. The van der Waals surface area contributed by atoms with Gasteiger partial charge in [0, 0.05) is 5.69 Å². The maximum atomic E-state index is 11.9. The first-order valence-electron chi connectivity index (χ1n) is 6.94. The normalized spacial score (nSPS) is 10.0. The highest BCUT2D eigenvalue weighted by atomic mass is 16.5. The predicted molar refractivity (Wildman–Crippen MR) is 84.6 cm³/mol. The third-order valence-electron chi connectivity index (χ3n) is 3.05. The van der Waals surface area contributed by atoms with Gasteiger partial charge in [0.1, 0.15) is 5.75 Å². The van der Waals surface area contributed by atoms with Gasteiger partial charge >= 0.3 is 0 Å². The second-order valence-electron chi connectivity index (χ2n) is 4.88. The number of imide groups is 1. The first kappa shape index (κ1) is 15.6. The lowest BCUT2D eigenvalue weighted by atomic mass is 10.1. The van der Waals surface area contributed by atoms with Crippen LogP contribution in [0.25, 0.3) is 0 Å². The van der Waals surface area contributed by atoms with Gasteiger partial charge in [-0.3, -0.25) is 14.9 Å². The molecule has 0 fully saturated rings. The van der Waals surface area contributed by atoms with Crippen LogP contribution in [0.4, 0.5) is 5.69 Å². The number of hydrogen-bond acceptors (Lipinski definition) is 4. The van der Waals surface area contributed by atoms with Crippen molar-refractivity contribution in [3.63, 3.8) is 0 Å². The number of aryl methyl sites for hydroxylation is 1. The van der Waals surface area contributed by atoms with Crippen LogP contribution < -0.4 is 15.8 Å². The van der Waals surface area contributed by atoms with Crippen LogP contribution in [0.2, 0.25) is 0 Å². The molecule has 22 heavy (non-hydrogen) atoms. The summed E-state index contributed by atoms with van der Waals surface area (Å²) in [6, 6.07) is 14.1. The molecule has 2 aromatic rings. The third-order valence-corrected chi connectivity index (χ3v) is 3.05. The summed E-state index contributed by atoms with van der Waals surface area (Å²) in [7, 11) is 0. The van der Waals surface area contributed by atoms with Crippen molar-refractivity contribution in [2.24, 2.45) is 0 Å². The quantitative estimate of drug-likeness (QED) is 0.830. The molecule has 3 N–H and O–H groups in total. The van der Waals surface area contributed by atoms with Gasteiger partial charge in [-0.25, -0.2) is 0 Å². The summed E-state index contributed by atoms with van der Waals surface area (Å²) in [6.45, 7) is 2.16. The average Bonchev–Trinajstić information content (AvgIpc) is 2.47. The van der Waals surface area contributed by atoms with E-state index in [4.69, 9.17) is 10.5 Å². The zero-order chi connectivity index (χ0) is 15.9. The molecule has 2 rings (SSSR count). The monoisotopic (exact) mass is 298 g/mol. The molecule has 0 atom stereocenters. The maximum Gasteiger partial charge on any atom is 0.259 e. The smallest absolute Gasteiger partial charge is 0.259 e. The number of rotatable bonds is 5. The molecule has 0 aliphatic rings. The van der Waals surface area contributed by atoms with Gasteiger partial charge in [0.2, 0.25) is 5.91 Å². The number of hydrogen-bond donors (Lipinski definition) is 2. The zero-order valence-electron chi connectivity index (χ0n) is 12.3. The Bertz CT molecular complexity index is 683. The summed E-state index contributed by atoms with van der Waals surface area (Å²) < 4.78 is 5.47. The highest BCUT2D eigenvalue weighted by molar-refractivity contribution is 6.07. The van der Waals surface area contributed by atoms with E-state index in [1.165, 1.54) is 0 Å². The van der Waals surface area contributed by atoms with E-state index in [0.717, 1.165) is 5.56 Å². The van der Waals surface area contributed by atoms with E-state index in [1.807, 2.05) is 31.2 Å². The summed E-state index contributed by atoms with van der Waals surface area (Å²) in [5, 5.41) is 2.30. The molecule has 0 radical (unpaired) electrons. The lowest BCUT2D eigenvalue weighted by Gasteiger charge is -2.08. The van der Waals surface area contributed by atoms with Crippen molar-refractivity contribution < 1.29 is 14.3 Å². The molecule has 0 bridgehead atoms. The Labute approximate surface area is 129 Å². The highest BCUT2D eigenvalue weighted by Gasteiger charge is 2.12. The number of nitrogens with one attached hydrogen (secondary N) is 1. The van der Waals surface area contributed by atoms with Gasteiger partial charge in [0.05, 0.1) is 18.6 Å². The molecule has 0 heterocycles. The molecule has 0 spiro atoms. The van der Waals surface area contributed by atoms with E-state index in [1.54, 1.807) is 24.3 Å². The van der Waals surface area contributed by atoms with Crippen LogP contribution in [0.15, 0.2) is 48.5 Å². The first-order valence-corrected chi connectivity index (χ1v) is 6.94. The van der Waals surface area contributed by atoms with Gasteiger partial charge in [0.25, 0.3) is 5.91 Å². The second-order valence-corrected chi connectivity index (χ2v) is 4.88. The maximum absolute atomic E-state index is 11.9. The molecule has 2 aromatic carbocycles. The molecule has 114 valence electrons. The topological polar surface area (TPSA) is 81.4 Å². The Balaban J connectivity index is 1.81. The Morgan fingerprint density at radius 2 is 1.91 bits per heavy atom. The minimum atomic E-state index is -0.501. The van der Waals surface area contributed by atoms with Crippen molar-refractivity contribution in [3.05, 3.63) is 59.7 Å². The molecule has 0 unspecified atom stereocenters. The van der Waals surface area contributed by atoms with Crippen LogP contribution in [0, 0.1) is 6.92 Å². The average molecular weight is 298 g/mol. The van der Waals surface area contributed by atoms with Crippen LogP contribution in [-0.2, 0) is 4.79 Å². The molecule has 5 heteroatoms. The SMILES string of the molecule is Cc1cccc(OCCC(=O)NC(=O)c2ccccc2N)c1. The molecular formula is C17H18N2O3. The van der Waals surface area contributed by atoms with Crippen molar-refractivity contribution in [2.75, 3.05) is 12.3 Å². The fraction of sp³-hybridized carbons (Fsp3) is 0.176. The number of nitrogens with two attached hydrogens (primary N) is 1. The summed E-state index contributed by atoms with van der Waals surface area (Å²) in [5.41, 5.74) is 7.40. The van der Waals surface area contributed by atoms with Gasteiger partial charge < -0.3 is 10.5 Å². The fourth-order valence-corrected chi connectivity index (χ4v) is 1.93. The van der Waals surface area contributed by atoms with E-state index in [9.17, 15) is 9.59 Å². The van der Waals surface area contributed by atoms with Crippen LogP contribution >= 0.6 is 0 Å². The van der Waals surface area contributed by atoms with Crippen LogP contribution in [0.5, 0.6) is 5.75 Å². The molecule has 0 saturated heterocycles. The molecular weight excluding hydrogens is 280 g/mol. The Morgan fingerprint density at radius 1 is 1.14 bits per heavy atom. The van der Waals surface area contributed by atoms with E-state index in [0.29, 0.717) is 11.4 Å². The number of para-hydroxylation sites is 1. The number of nitrogen functional groups attached to an aromatic ring is 1. The van der Waals surface area contributed by atoms with E-state index >= 15 is 0 Å². The van der Waals surface area contributed by atoms with Gasteiger partial charge in [0.15, 0.2) is 0 Å². The van der Waals surface area contributed by atoms with Gasteiger partial charge in [-0.2, -0.15) is 0 Å². The van der Waals surface area contributed by atoms with Crippen molar-refractivity contribution in [1.29, 1.82) is 0 Å². The fourth-order valence-electron chi connectivity index (χ4n) is 1.93. The standard InChI is InChI=1S/C17H18N2O3/c1-12-5-4-6-13(11-12)22-10-9-16(20)19-17(21)14-7-2-3-8-15(14)18/h2-8,11H,9-10,18H2,1H3,(H,19,20,21). The van der Waals surface area contributed by atoms with Crippen LogP contribution in [0.1, 0.15) is 22.3 Å². The molecule has 0 aromatic heterocycles. The van der Waals surface area contributed by atoms with Crippen molar-refractivity contribution in [3.8, 4) is 5.75 Å². The molecule has 0 saturated carbocycles. The summed E-state index contributed by atoms with van der Waals surface area (Å²) in [6.07, 6.45) is 0.0897. The Morgan fingerprint density at radius 3 is 2.64 bits per heavy atom. The lowest BCUT2D eigenvalue weighted by Crippen LogP contribution is -2.31. The minimum Gasteiger partial charge on any atom is -0.493 e. The van der Waals surface area contributed by atoms with Crippen molar-refractivity contribution >= 4 is 17.5 Å². The Hall–Kier alpha value is -2.82. The lowest BCUT2D eigenvalue weighted by molar-refractivity contribution is -0.120.